The Bertz CT molecular complexity index is 501. The van der Waals surface area contributed by atoms with Gasteiger partial charge in [0.2, 0.25) is 10.0 Å². The minimum absolute atomic E-state index is 0.0701. The molecular weight excluding hydrogens is 316 g/mol. The lowest BCUT2D eigenvalue weighted by molar-refractivity contribution is 0.582. The topological polar surface area (TPSA) is 58.2 Å². The molecule has 4 nitrogen and oxygen atoms in total. The fourth-order valence-corrected chi connectivity index (χ4v) is 2.97. The molecule has 0 radical (unpaired) electrons. The second-order valence-corrected chi connectivity index (χ2v) is 7.25. The number of rotatable bonds is 6. The van der Waals surface area contributed by atoms with Gasteiger partial charge in [0, 0.05) is 17.1 Å². The molecule has 0 aromatic heterocycles. The smallest absolute Gasteiger partial charge is 0.233 e. The molecule has 0 bridgehead atoms. The van der Waals surface area contributed by atoms with Crippen LogP contribution in [0.3, 0.4) is 0 Å². The van der Waals surface area contributed by atoms with Crippen LogP contribution < -0.4 is 10.0 Å². The van der Waals surface area contributed by atoms with Crippen LogP contribution in [0.1, 0.15) is 19.4 Å². The first-order valence-corrected chi connectivity index (χ1v) is 8.25. The van der Waals surface area contributed by atoms with Gasteiger partial charge in [-0.25, -0.2) is 8.42 Å². The number of sulfonamides is 1. The quantitative estimate of drug-likeness (QED) is 0.840. The van der Waals surface area contributed by atoms with Gasteiger partial charge in [0.15, 0.2) is 0 Å². The van der Waals surface area contributed by atoms with E-state index in [1.807, 2.05) is 32.9 Å². The zero-order valence-electron chi connectivity index (χ0n) is 10.8. The molecule has 0 aliphatic heterocycles. The third kappa shape index (κ3) is 5.37. The minimum Gasteiger partial charge on any atom is -0.313 e. The largest absolute Gasteiger partial charge is 0.313 e. The van der Waals surface area contributed by atoms with E-state index in [-0.39, 0.29) is 11.8 Å². The lowest BCUT2D eigenvalue weighted by Crippen LogP contribution is -2.31. The number of nitrogens with one attached hydrogen (secondary N) is 2. The van der Waals surface area contributed by atoms with Crippen molar-refractivity contribution < 1.29 is 8.42 Å². The van der Waals surface area contributed by atoms with Crippen molar-refractivity contribution in [3.05, 3.63) is 28.2 Å². The first kappa shape index (κ1) is 15.5. The molecule has 18 heavy (non-hydrogen) atoms. The van der Waals surface area contributed by atoms with E-state index >= 15 is 0 Å². The van der Waals surface area contributed by atoms with E-state index in [1.165, 1.54) is 0 Å². The van der Waals surface area contributed by atoms with Gasteiger partial charge in [0.25, 0.3) is 0 Å². The maximum absolute atomic E-state index is 11.9. The van der Waals surface area contributed by atoms with E-state index in [4.69, 9.17) is 0 Å². The van der Waals surface area contributed by atoms with Crippen LogP contribution >= 0.6 is 15.9 Å². The summed E-state index contributed by atoms with van der Waals surface area (Å²) >= 11 is 3.35. The van der Waals surface area contributed by atoms with Crippen molar-refractivity contribution in [1.82, 2.24) is 5.32 Å². The van der Waals surface area contributed by atoms with Gasteiger partial charge in [0.1, 0.15) is 0 Å². The molecule has 1 rings (SSSR count). The maximum Gasteiger partial charge on any atom is 0.233 e. The molecule has 1 aromatic rings. The summed E-state index contributed by atoms with van der Waals surface area (Å²) in [6, 6.07) is 5.74. The molecule has 0 saturated carbocycles. The molecule has 6 heteroatoms. The van der Waals surface area contributed by atoms with Gasteiger partial charge in [-0.3, -0.25) is 4.72 Å². The van der Waals surface area contributed by atoms with Crippen LogP contribution in [0.4, 0.5) is 5.69 Å². The Labute approximate surface area is 117 Å². The van der Waals surface area contributed by atoms with Crippen molar-refractivity contribution >= 4 is 31.6 Å². The van der Waals surface area contributed by atoms with E-state index in [0.717, 1.165) is 10.0 Å². The summed E-state index contributed by atoms with van der Waals surface area (Å²) in [5.74, 6) is 0.0701. The van der Waals surface area contributed by atoms with Gasteiger partial charge in [0.05, 0.1) is 11.4 Å². The average Bonchev–Trinajstić information content (AvgIpc) is 2.21. The molecule has 0 saturated heterocycles. The average molecular weight is 335 g/mol. The Hall–Kier alpha value is -0.590. The van der Waals surface area contributed by atoms with Crippen molar-refractivity contribution in [3.63, 3.8) is 0 Å². The normalized spacial score (nSPS) is 11.8. The van der Waals surface area contributed by atoms with Crippen LogP contribution in [0.25, 0.3) is 0 Å². The van der Waals surface area contributed by atoms with Gasteiger partial charge in [-0.1, -0.05) is 29.8 Å². The van der Waals surface area contributed by atoms with E-state index < -0.39 is 10.0 Å². The van der Waals surface area contributed by atoms with Crippen LogP contribution in [0.5, 0.6) is 0 Å². The number of anilines is 1. The lowest BCUT2D eigenvalue weighted by atomic mass is 10.2. The standard InChI is InChI=1S/C12H19BrN2O2S/c1-9(2)14-6-7-18(16,17)15-12-5-4-11(13)8-10(12)3/h4-5,8-9,14-15H,6-7H2,1-3H3. The third-order valence-corrected chi connectivity index (χ3v) is 4.14. The zero-order chi connectivity index (χ0) is 13.8. The van der Waals surface area contributed by atoms with Gasteiger partial charge >= 0.3 is 0 Å². The van der Waals surface area contributed by atoms with Gasteiger partial charge in [-0.15, -0.1) is 0 Å². The maximum atomic E-state index is 11.9. The molecule has 0 atom stereocenters. The Kier molecular flexibility index (Phi) is 5.62. The molecule has 0 heterocycles. The summed E-state index contributed by atoms with van der Waals surface area (Å²) in [4.78, 5) is 0. The zero-order valence-corrected chi connectivity index (χ0v) is 13.2. The second-order valence-electron chi connectivity index (χ2n) is 4.49. The lowest BCUT2D eigenvalue weighted by Gasteiger charge is -2.12. The summed E-state index contributed by atoms with van der Waals surface area (Å²) in [7, 11) is -3.29. The van der Waals surface area contributed by atoms with Crippen LogP contribution in [-0.2, 0) is 10.0 Å². The number of hydrogen-bond donors (Lipinski definition) is 2. The summed E-state index contributed by atoms with van der Waals surface area (Å²) in [5, 5.41) is 3.08. The number of hydrogen-bond acceptors (Lipinski definition) is 3. The van der Waals surface area contributed by atoms with Gasteiger partial charge in [-0.2, -0.15) is 0 Å². The fraction of sp³-hybridized carbons (Fsp3) is 0.500. The molecule has 0 unspecified atom stereocenters. The van der Waals surface area contributed by atoms with Crippen molar-refractivity contribution in [2.75, 3.05) is 17.0 Å². The molecule has 0 amide bonds. The SMILES string of the molecule is Cc1cc(Br)ccc1NS(=O)(=O)CCNC(C)C. The van der Waals surface area contributed by atoms with Crippen LogP contribution in [-0.4, -0.2) is 26.8 Å². The van der Waals surface area contributed by atoms with E-state index in [0.29, 0.717) is 12.2 Å². The van der Waals surface area contributed by atoms with Crippen molar-refractivity contribution in [1.29, 1.82) is 0 Å². The predicted octanol–water partition coefficient (Wildman–Crippen LogP) is 2.50. The molecule has 1 aromatic carbocycles. The fourth-order valence-electron chi connectivity index (χ4n) is 1.44. The molecule has 102 valence electrons. The first-order chi connectivity index (χ1) is 8.30. The monoisotopic (exact) mass is 334 g/mol. The van der Waals surface area contributed by atoms with E-state index in [1.54, 1.807) is 6.07 Å². The molecule has 0 fully saturated rings. The molecule has 0 aliphatic carbocycles. The summed E-state index contributed by atoms with van der Waals surface area (Å²) < 4.78 is 27.2. The second kappa shape index (κ2) is 6.54. The highest BCUT2D eigenvalue weighted by Gasteiger charge is 2.11. The first-order valence-electron chi connectivity index (χ1n) is 5.80. The Balaban J connectivity index is 2.65. The highest BCUT2D eigenvalue weighted by atomic mass is 79.9. The van der Waals surface area contributed by atoms with Crippen LogP contribution in [0.2, 0.25) is 0 Å². The van der Waals surface area contributed by atoms with E-state index in [2.05, 4.69) is 26.0 Å². The molecule has 0 spiro atoms. The Morgan fingerprint density at radius 3 is 2.56 bits per heavy atom. The summed E-state index contributed by atoms with van der Waals surface area (Å²) in [6.45, 7) is 6.29. The molecule has 0 aliphatic rings. The molecule has 2 N–H and O–H groups in total. The highest BCUT2D eigenvalue weighted by Crippen LogP contribution is 2.20. The minimum atomic E-state index is -3.29. The molecular formula is C12H19BrN2O2S. The van der Waals surface area contributed by atoms with Crippen molar-refractivity contribution in [2.24, 2.45) is 0 Å². The van der Waals surface area contributed by atoms with Crippen molar-refractivity contribution in [3.8, 4) is 0 Å². The van der Waals surface area contributed by atoms with Crippen LogP contribution in [0, 0.1) is 6.92 Å². The van der Waals surface area contributed by atoms with Gasteiger partial charge < -0.3 is 5.32 Å². The van der Waals surface area contributed by atoms with Crippen molar-refractivity contribution in [2.45, 2.75) is 26.8 Å². The Morgan fingerprint density at radius 2 is 2.00 bits per heavy atom. The number of benzene rings is 1. The van der Waals surface area contributed by atoms with E-state index in [9.17, 15) is 8.42 Å². The summed E-state index contributed by atoms with van der Waals surface area (Å²) in [6.07, 6.45) is 0. The van der Waals surface area contributed by atoms with Gasteiger partial charge in [-0.05, 0) is 30.7 Å². The summed E-state index contributed by atoms with van der Waals surface area (Å²) in [5.41, 5.74) is 1.52. The number of halogens is 1. The Morgan fingerprint density at radius 1 is 1.33 bits per heavy atom. The number of aryl methyl sites for hydroxylation is 1. The predicted molar refractivity (Wildman–Crippen MR) is 79.4 cm³/mol. The highest BCUT2D eigenvalue weighted by molar-refractivity contribution is 9.10. The van der Waals surface area contributed by atoms with Crippen LogP contribution in [0.15, 0.2) is 22.7 Å². The third-order valence-electron chi connectivity index (χ3n) is 2.38.